The first-order valence-electron chi connectivity index (χ1n) is 49.7. The molecule has 0 spiro atoms. The van der Waals surface area contributed by atoms with E-state index in [0.29, 0.717) is 85.3 Å². The molecule has 1 saturated heterocycles. The molecule has 0 unspecified atom stereocenters. The predicted molar refractivity (Wildman–Crippen MR) is 545 cm³/mol. The molecule has 0 bridgehead atoms. The zero-order chi connectivity index (χ0) is 108. The zero-order valence-electron chi connectivity index (χ0n) is 85.7. The van der Waals surface area contributed by atoms with Gasteiger partial charge >= 0.3 is 35.9 Å². The molecule has 3 aliphatic heterocycles. The van der Waals surface area contributed by atoms with Crippen molar-refractivity contribution in [2.45, 2.75) is 288 Å². The highest BCUT2D eigenvalue weighted by Crippen LogP contribution is 2.49. The Morgan fingerprint density at radius 2 is 1.18 bits per heavy atom. The van der Waals surface area contributed by atoms with Gasteiger partial charge in [0.15, 0.2) is 28.8 Å². The fourth-order valence-electron chi connectivity index (χ4n) is 17.9. The van der Waals surface area contributed by atoms with E-state index < -0.39 is 236 Å². The van der Waals surface area contributed by atoms with Crippen molar-refractivity contribution in [2.24, 2.45) is 28.8 Å². The molecule has 6 rings (SSSR count). The Hall–Kier alpha value is -12.5. The number of ether oxygens (including phenoxy) is 3. The second kappa shape index (κ2) is 61.2. The highest BCUT2D eigenvalue weighted by atomic mass is 32.2. The Morgan fingerprint density at radius 3 is 1.75 bits per heavy atom. The largest absolute Gasteiger partial charge is 0.481 e. The topological polar surface area (TPSA) is 577 Å². The molecule has 41 heteroatoms. The van der Waals surface area contributed by atoms with Crippen LogP contribution in [0.5, 0.6) is 0 Å². The maximum Gasteiger partial charge on any atom is 0.407 e. The van der Waals surface area contributed by atoms with Crippen LogP contribution in [0, 0.1) is 30.6 Å². The van der Waals surface area contributed by atoms with Crippen LogP contribution in [0.1, 0.15) is 251 Å². The quantitative estimate of drug-likeness (QED) is 0.00624. The van der Waals surface area contributed by atoms with E-state index >= 15 is 0 Å². The molecule has 3 aliphatic rings. The smallest absolute Gasteiger partial charge is 0.407 e. The third-order valence-corrected chi connectivity index (χ3v) is 27.4. The van der Waals surface area contributed by atoms with Gasteiger partial charge in [-0.2, -0.15) is 24.8 Å². The molecule has 9 atom stereocenters. The van der Waals surface area contributed by atoms with E-state index in [0.717, 1.165) is 18.0 Å². The molecule has 0 aliphatic carbocycles. The standard InChI is InChI=1S/C105H146N10O29S2/c1-13-113-84-43-32-67(4)58-78(84)104(7,8)90(113)29-19-15-14-16-20-30-91-105(9,10)79-63-77(146(138,139)140)40-44-85(79)114(91)51-21-17-18-26-76(117)60-72(37-45-94(123)124)99(133)109-80(41-48-97(129)130)88(119)61-73(38-46-95(125)126)100(134)110-81(42-49-98(131)132)89(120)62-74(39-47-96(127)128)101(135)111-82(59-70-33-35-71(36-34-70)68(5)112-144-54-50-106-103(137)143-56-55-141-11)87(118)28-24-53-142-64-93(122)115-52-23-27-86(115)102(136)107-75(57-66(2)3)25-22-31-92(121)108-83(65-145-12)69(6)116/h14-16,19-20,29-30,32-36,40,43-44,58,63,66,72-75,80-83,86H,13,17-18,21-28,31,37-39,41-42,45-57,59-62,64-65H2,1-12H3,(H11-,106,107,108,109,110,111,121,123,124,125,126,127,128,129,130,131,132,133,134,135,136,137,138,139,140)/p+1/b112-68+/t72-,73-,74-,75+,80+,81+,82-,83-,86-/m0/s1. The second-order valence-electron chi connectivity index (χ2n) is 38.5. The van der Waals surface area contributed by atoms with E-state index in [-0.39, 0.29) is 118 Å². The first kappa shape index (κ1) is 122. The van der Waals surface area contributed by atoms with E-state index in [1.54, 1.807) is 37.3 Å². The number of thioether (sulfide) groups is 1. The summed E-state index contributed by atoms with van der Waals surface area (Å²) in [5, 5.41) is 69.6. The number of hydrogen-bond donors (Lipinski definition) is 12. The number of anilines is 1. The molecule has 12 N–H and O–H groups in total. The van der Waals surface area contributed by atoms with Crippen molar-refractivity contribution < 1.29 is 144 Å². The fourth-order valence-corrected chi connectivity index (χ4v) is 19.1. The van der Waals surface area contributed by atoms with Gasteiger partial charge in [-0.3, -0.25) is 81.3 Å². The number of nitrogens with zero attached hydrogens (tertiary/aromatic N) is 4. The monoisotopic (exact) mass is 2080 g/mol. The number of benzene rings is 3. The third kappa shape index (κ3) is 40.7. The minimum atomic E-state index is -4.60. The van der Waals surface area contributed by atoms with E-state index in [1.165, 1.54) is 59.6 Å². The van der Waals surface area contributed by atoms with Crippen molar-refractivity contribution in [1.29, 1.82) is 0 Å². The van der Waals surface area contributed by atoms with E-state index in [1.807, 2.05) is 75.3 Å². The average molecular weight is 2080 g/mol. The van der Waals surface area contributed by atoms with E-state index in [9.17, 15) is 120 Å². The van der Waals surface area contributed by atoms with Crippen molar-refractivity contribution in [3.05, 3.63) is 137 Å². The van der Waals surface area contributed by atoms with Gasteiger partial charge in [0.1, 0.15) is 38.2 Å². The number of likely N-dealkylation sites (tertiary alicyclic amines) is 1. The molecule has 1 fully saturated rings. The highest BCUT2D eigenvalue weighted by Gasteiger charge is 2.46. The van der Waals surface area contributed by atoms with Gasteiger partial charge in [-0.15, -0.1) is 0 Å². The number of oxime groups is 1. The van der Waals surface area contributed by atoms with Crippen LogP contribution in [0.15, 0.2) is 119 Å². The molecule has 39 nitrogen and oxygen atoms in total. The van der Waals surface area contributed by atoms with Gasteiger partial charge in [0, 0.05) is 161 Å². The molecule has 3 heterocycles. The van der Waals surface area contributed by atoms with Gasteiger partial charge in [-0.25, -0.2) is 4.79 Å². The maximum atomic E-state index is 14.8. The number of allylic oxidation sites excluding steroid dienone is 8. The van der Waals surface area contributed by atoms with Crippen molar-refractivity contribution in [2.75, 3.05) is 83.2 Å². The van der Waals surface area contributed by atoms with Gasteiger partial charge in [0.05, 0.1) is 53.3 Å². The summed E-state index contributed by atoms with van der Waals surface area (Å²) < 4.78 is 52.9. The van der Waals surface area contributed by atoms with Crippen LogP contribution in [-0.4, -0.2) is 274 Å². The molecule has 0 saturated carbocycles. The number of Topliss-reactive ketones (excluding diaryl/α,β-unsaturated/α-hetero) is 5. The predicted octanol–water partition coefficient (Wildman–Crippen LogP) is 10.9. The number of carbonyl (C=O) groups is 17. The van der Waals surface area contributed by atoms with E-state index in [4.69, 9.17) is 19.0 Å². The number of methoxy groups -OCH3 is 1. The number of aryl methyl sites for hydroxylation is 1. The Labute approximate surface area is 857 Å². The van der Waals surface area contributed by atoms with Crippen molar-refractivity contribution in [1.82, 2.24) is 36.8 Å². The number of carboxylic acids is 5. The summed E-state index contributed by atoms with van der Waals surface area (Å²) in [7, 11) is -3.15. The molecule has 3 aromatic carbocycles. The number of aliphatic carboxylic acids is 5. The van der Waals surface area contributed by atoms with Crippen LogP contribution in [0.25, 0.3) is 0 Å². The molecule has 802 valence electrons. The number of unbranched alkanes of at least 4 members (excludes halogenated alkanes) is 2. The first-order chi connectivity index (χ1) is 69.1. The van der Waals surface area contributed by atoms with Crippen molar-refractivity contribution in [3.63, 3.8) is 0 Å². The van der Waals surface area contributed by atoms with Crippen LogP contribution < -0.4 is 36.8 Å². The van der Waals surface area contributed by atoms with Gasteiger partial charge in [-0.1, -0.05) is 106 Å². The summed E-state index contributed by atoms with van der Waals surface area (Å²) in [5.74, 6) is -19.3. The number of amides is 7. The first-order valence-corrected chi connectivity index (χ1v) is 52.5. The number of carboxylic acid groups (broad SMARTS) is 5. The number of rotatable bonds is 70. The normalized spacial score (nSPS) is 16.2. The number of nitrogens with one attached hydrogen (secondary N) is 6. The summed E-state index contributed by atoms with van der Waals surface area (Å²) in [6, 6.07) is 10.5. The SMILES string of the molecule is CC[N+]1=C(/C=C/C=C/C=C/C=C2/N(CCCCCC(=O)C[C@H](CCC(=O)O)C(=O)N[C@H](CCC(=O)O)C(=O)C[C@H](CCC(=O)O)C(=O)N[C@H](CCC(=O)O)C(=O)C[C@H](CCC(=O)O)C(=O)N[C@@H](Cc3ccc(/C(C)=N/OCCNC(=O)OCCOC)cc3)C(=O)CCCOCC(=O)N3CCC[C@H]3C(=O)N[C@H](CCCC(=O)N[C@@H](CSC)C(C)=O)CC(C)C)c3ccc(S(=O)(=O)O)cc3C2(C)C)C(C)(C)c2cc(C)ccc21. The maximum absolute atomic E-state index is 14.8. The molecule has 7 amide bonds. The van der Waals surface area contributed by atoms with Gasteiger partial charge in [0.2, 0.25) is 41.1 Å². The molecule has 0 radical (unpaired) electrons. The summed E-state index contributed by atoms with van der Waals surface area (Å²) in [5.41, 5.74) is 7.23. The highest BCUT2D eigenvalue weighted by molar-refractivity contribution is 7.98. The molecule has 146 heavy (non-hydrogen) atoms. The fraction of sp³-hybridized carbons (Fsp3) is 0.571. The zero-order valence-corrected chi connectivity index (χ0v) is 87.4. The summed E-state index contributed by atoms with van der Waals surface area (Å²) in [6.07, 6.45) is 8.33. The van der Waals surface area contributed by atoms with Crippen LogP contribution in [-0.2, 0) is 123 Å². The van der Waals surface area contributed by atoms with Gasteiger partial charge in [0.25, 0.3) is 10.1 Å². The second-order valence-corrected chi connectivity index (χ2v) is 40.8. The van der Waals surface area contributed by atoms with Gasteiger partial charge in [-0.05, 0) is 191 Å². The third-order valence-electron chi connectivity index (χ3n) is 25.9. The summed E-state index contributed by atoms with van der Waals surface area (Å²) >= 11 is 1.43. The van der Waals surface area contributed by atoms with Crippen LogP contribution in [0.4, 0.5) is 16.2 Å². The van der Waals surface area contributed by atoms with Crippen molar-refractivity contribution >= 4 is 145 Å². The number of hydrogen-bond acceptors (Lipinski definition) is 26. The van der Waals surface area contributed by atoms with Crippen LogP contribution in [0.2, 0.25) is 0 Å². The average Bonchev–Trinajstić information content (AvgIpc) is 1.58. The lowest BCUT2D eigenvalue weighted by molar-refractivity contribution is -0.433. The molecular weight excluding hydrogens is 1930 g/mol. The van der Waals surface area contributed by atoms with Crippen molar-refractivity contribution in [3.8, 4) is 0 Å². The summed E-state index contributed by atoms with van der Waals surface area (Å²) in [4.78, 5) is 236. The van der Waals surface area contributed by atoms with Crippen LogP contribution in [0.3, 0.4) is 0 Å². The molecular formula is C105H147N10O29S2+. The molecule has 0 aromatic heterocycles. The summed E-state index contributed by atoms with van der Waals surface area (Å²) in [6.45, 7) is 20.4. The minimum Gasteiger partial charge on any atom is -0.481 e. The Morgan fingerprint density at radius 1 is 0.596 bits per heavy atom. The number of carbonyl (C=O) groups excluding carboxylic acids is 12. The number of ketones is 5. The number of alkyl carbamates (subject to hydrolysis) is 1. The lowest BCUT2D eigenvalue weighted by Crippen LogP contribution is -2.50. The minimum absolute atomic E-state index is 0.0261. The lowest BCUT2D eigenvalue weighted by Gasteiger charge is -2.27. The Kier molecular flexibility index (Phi) is 51.2. The Balaban J connectivity index is 1.16. The molecule has 3 aromatic rings. The van der Waals surface area contributed by atoms with Crippen LogP contribution >= 0.6 is 11.8 Å². The Bertz CT molecular complexity index is 5390. The number of fused-ring (bicyclic) bond motifs is 2. The van der Waals surface area contributed by atoms with Gasteiger partial charge < -0.3 is 86.3 Å². The van der Waals surface area contributed by atoms with E-state index in [2.05, 4.69) is 93.6 Å². The lowest BCUT2D eigenvalue weighted by atomic mass is 9.81.